The van der Waals surface area contributed by atoms with Crippen molar-refractivity contribution in [2.24, 2.45) is 5.41 Å². The van der Waals surface area contributed by atoms with Crippen molar-refractivity contribution in [3.8, 4) is 0 Å². The van der Waals surface area contributed by atoms with Crippen LogP contribution in [0.4, 0.5) is 0 Å². The third-order valence-corrected chi connectivity index (χ3v) is 6.61. The summed E-state index contributed by atoms with van der Waals surface area (Å²) in [6.07, 6.45) is 5.60. The van der Waals surface area contributed by atoms with E-state index in [1.165, 1.54) is 38.8 Å². The zero-order valence-electron chi connectivity index (χ0n) is 9.48. The number of halogens is 2. The molecule has 1 N–H and O–H groups in total. The summed E-state index contributed by atoms with van der Waals surface area (Å²) in [5, 5.41) is 3.59. The maximum Gasteiger partial charge on any atom is 0.0843 e. The van der Waals surface area contributed by atoms with E-state index in [2.05, 4.69) is 50.2 Å². The summed E-state index contributed by atoms with van der Waals surface area (Å²) in [7, 11) is 0. The molecule has 4 heteroatoms. The Morgan fingerprint density at radius 2 is 2.06 bits per heavy atom. The van der Waals surface area contributed by atoms with E-state index in [-0.39, 0.29) is 0 Å². The predicted octanol–water partition coefficient (Wildman–Crippen LogP) is 4.94. The van der Waals surface area contributed by atoms with Gasteiger partial charge in [0.1, 0.15) is 0 Å². The third kappa shape index (κ3) is 3.31. The molecule has 1 aromatic heterocycles. The van der Waals surface area contributed by atoms with E-state index >= 15 is 0 Å². The van der Waals surface area contributed by atoms with Crippen LogP contribution >= 0.6 is 43.2 Å². The first kappa shape index (κ1) is 13.1. The monoisotopic (exact) mass is 365 g/mol. The Hall–Kier alpha value is 0.620. The lowest BCUT2D eigenvalue weighted by molar-refractivity contribution is 0.315. The number of nitrogens with one attached hydrogen (secondary N) is 1. The molecule has 1 aromatic rings. The Morgan fingerprint density at radius 1 is 1.38 bits per heavy atom. The highest BCUT2D eigenvalue weighted by Crippen LogP contribution is 2.37. The molecule has 90 valence electrons. The number of hydrogen-bond acceptors (Lipinski definition) is 2. The summed E-state index contributed by atoms with van der Waals surface area (Å²) in [6, 6.07) is 2.19. The van der Waals surface area contributed by atoms with Gasteiger partial charge in [0.05, 0.1) is 3.79 Å². The minimum Gasteiger partial charge on any atom is -0.311 e. The van der Waals surface area contributed by atoms with Crippen LogP contribution in [0.5, 0.6) is 0 Å². The molecule has 2 rings (SSSR count). The lowest BCUT2D eigenvalue weighted by Crippen LogP contribution is -2.28. The molecular formula is C12H17Br2NS. The van der Waals surface area contributed by atoms with Crippen LogP contribution in [0.1, 0.15) is 37.5 Å². The molecule has 1 fully saturated rings. The fraction of sp³-hybridized carbons (Fsp3) is 0.667. The summed E-state index contributed by atoms with van der Waals surface area (Å²) in [5.41, 5.74) is 0.547. The summed E-state index contributed by atoms with van der Waals surface area (Å²) in [5.74, 6) is 0. The lowest BCUT2D eigenvalue weighted by atomic mass is 9.89. The molecule has 0 amide bonds. The quantitative estimate of drug-likeness (QED) is 0.795. The van der Waals surface area contributed by atoms with E-state index in [0.29, 0.717) is 5.41 Å². The molecule has 0 aliphatic heterocycles. The minimum absolute atomic E-state index is 0.547. The minimum atomic E-state index is 0.547. The largest absolute Gasteiger partial charge is 0.311 e. The van der Waals surface area contributed by atoms with Crippen molar-refractivity contribution >= 4 is 43.2 Å². The van der Waals surface area contributed by atoms with Crippen molar-refractivity contribution < 1.29 is 0 Å². The molecule has 0 atom stereocenters. The second-order valence-electron chi connectivity index (χ2n) is 4.96. The molecule has 0 bridgehead atoms. The van der Waals surface area contributed by atoms with E-state index < -0.39 is 0 Å². The highest BCUT2D eigenvalue weighted by atomic mass is 79.9. The van der Waals surface area contributed by atoms with E-state index in [1.807, 2.05) is 0 Å². The van der Waals surface area contributed by atoms with Gasteiger partial charge < -0.3 is 5.32 Å². The molecule has 0 saturated heterocycles. The molecule has 0 unspecified atom stereocenters. The first-order chi connectivity index (χ1) is 7.59. The number of thiophene rings is 1. The van der Waals surface area contributed by atoms with Crippen molar-refractivity contribution in [3.05, 3.63) is 19.2 Å². The van der Waals surface area contributed by atoms with Gasteiger partial charge in [0.2, 0.25) is 0 Å². The molecule has 1 aliphatic carbocycles. The van der Waals surface area contributed by atoms with Crippen molar-refractivity contribution in [1.29, 1.82) is 0 Å². The summed E-state index contributed by atoms with van der Waals surface area (Å²) in [6.45, 7) is 4.55. The average molecular weight is 367 g/mol. The average Bonchev–Trinajstić information content (AvgIpc) is 2.76. The van der Waals surface area contributed by atoms with Crippen LogP contribution < -0.4 is 5.32 Å². The van der Waals surface area contributed by atoms with Gasteiger partial charge >= 0.3 is 0 Å². The predicted molar refractivity (Wildman–Crippen MR) is 78.0 cm³/mol. The first-order valence-electron chi connectivity index (χ1n) is 5.73. The van der Waals surface area contributed by atoms with Gasteiger partial charge in [0.15, 0.2) is 0 Å². The van der Waals surface area contributed by atoms with Crippen molar-refractivity contribution in [1.82, 2.24) is 5.32 Å². The Bertz CT molecular complexity index is 336. The van der Waals surface area contributed by atoms with Crippen molar-refractivity contribution in [2.45, 2.75) is 39.2 Å². The molecule has 16 heavy (non-hydrogen) atoms. The van der Waals surface area contributed by atoms with E-state index in [9.17, 15) is 0 Å². The standard InChI is InChI=1S/C12H17Br2NS/c1-12(4-2-3-5-12)8-15-7-9-6-10(13)11(14)16-9/h6,15H,2-5,7-8H2,1H3. The van der Waals surface area contributed by atoms with Crippen molar-refractivity contribution in [3.63, 3.8) is 0 Å². The Kier molecular flexibility index (Phi) is 4.50. The Morgan fingerprint density at radius 3 is 2.62 bits per heavy atom. The second-order valence-corrected chi connectivity index (χ2v) is 8.26. The maximum absolute atomic E-state index is 3.59. The smallest absolute Gasteiger partial charge is 0.0843 e. The summed E-state index contributed by atoms with van der Waals surface area (Å²) in [4.78, 5) is 1.39. The molecule has 0 aromatic carbocycles. The van der Waals surface area contributed by atoms with Crippen LogP contribution in [0.15, 0.2) is 14.3 Å². The SMILES string of the molecule is CC1(CNCc2cc(Br)c(Br)s2)CCCC1. The molecule has 0 spiro atoms. The molecule has 1 nitrogen and oxygen atoms in total. The van der Waals surface area contributed by atoms with Crippen molar-refractivity contribution in [2.75, 3.05) is 6.54 Å². The lowest BCUT2D eigenvalue weighted by Gasteiger charge is -2.23. The van der Waals surface area contributed by atoms with Crippen LogP contribution in [-0.2, 0) is 6.54 Å². The Labute approximate surface area is 118 Å². The fourth-order valence-electron chi connectivity index (χ4n) is 2.37. The third-order valence-electron chi connectivity index (χ3n) is 3.36. The summed E-state index contributed by atoms with van der Waals surface area (Å²) < 4.78 is 2.36. The Balaban J connectivity index is 1.79. The normalized spacial score (nSPS) is 19.2. The van der Waals surface area contributed by atoms with Crippen LogP contribution in [0.2, 0.25) is 0 Å². The van der Waals surface area contributed by atoms with E-state index in [4.69, 9.17) is 0 Å². The van der Waals surface area contributed by atoms with Gasteiger partial charge in [0, 0.05) is 22.4 Å². The molecule has 0 radical (unpaired) electrons. The van der Waals surface area contributed by atoms with Crippen LogP contribution in [-0.4, -0.2) is 6.54 Å². The molecular weight excluding hydrogens is 350 g/mol. The van der Waals surface area contributed by atoms with Gasteiger partial charge in [-0.15, -0.1) is 11.3 Å². The topological polar surface area (TPSA) is 12.0 Å². The van der Waals surface area contributed by atoms with Crippen LogP contribution in [0.3, 0.4) is 0 Å². The second kappa shape index (κ2) is 5.51. The highest BCUT2D eigenvalue weighted by Gasteiger charge is 2.27. The first-order valence-corrected chi connectivity index (χ1v) is 8.14. The maximum atomic E-state index is 3.59. The zero-order valence-corrected chi connectivity index (χ0v) is 13.5. The van der Waals surface area contributed by atoms with Gasteiger partial charge in [-0.25, -0.2) is 0 Å². The van der Waals surface area contributed by atoms with Gasteiger partial charge in [-0.3, -0.25) is 0 Å². The van der Waals surface area contributed by atoms with Gasteiger partial charge in [-0.05, 0) is 56.2 Å². The van der Waals surface area contributed by atoms with Gasteiger partial charge in [-0.1, -0.05) is 19.8 Å². The summed E-state index contributed by atoms with van der Waals surface area (Å²) >= 11 is 8.85. The van der Waals surface area contributed by atoms with E-state index in [0.717, 1.165) is 13.1 Å². The van der Waals surface area contributed by atoms with Crippen LogP contribution in [0.25, 0.3) is 0 Å². The van der Waals surface area contributed by atoms with Gasteiger partial charge in [-0.2, -0.15) is 0 Å². The van der Waals surface area contributed by atoms with E-state index in [1.54, 1.807) is 11.3 Å². The zero-order chi connectivity index (χ0) is 11.6. The number of rotatable bonds is 4. The van der Waals surface area contributed by atoms with Gasteiger partial charge in [0.25, 0.3) is 0 Å². The molecule has 1 aliphatic rings. The molecule has 1 heterocycles. The highest BCUT2D eigenvalue weighted by molar-refractivity contribution is 9.13. The van der Waals surface area contributed by atoms with Crippen LogP contribution in [0, 0.1) is 5.41 Å². The fourth-order valence-corrected chi connectivity index (χ4v) is 4.52. The number of hydrogen-bond donors (Lipinski definition) is 1. The molecule has 1 saturated carbocycles.